The number of benzene rings is 1. The van der Waals surface area contributed by atoms with E-state index in [0.717, 1.165) is 17.7 Å². The van der Waals surface area contributed by atoms with Gasteiger partial charge in [-0.15, -0.1) is 12.4 Å². The first kappa shape index (κ1) is 19.1. The molecule has 0 aliphatic rings. The molecule has 0 saturated heterocycles. The van der Waals surface area contributed by atoms with E-state index in [1.54, 1.807) is 11.0 Å². The SMILES string of the molecule is Cc1cc(-n2cncn2)ccc1C(=O)NC(CN)CC(C)C.Cl. The van der Waals surface area contributed by atoms with Crippen molar-refractivity contribution in [3.8, 4) is 5.69 Å². The van der Waals surface area contributed by atoms with Crippen molar-refractivity contribution in [2.75, 3.05) is 6.54 Å². The third-order valence-corrected chi connectivity index (χ3v) is 3.51. The molecule has 0 spiro atoms. The average Bonchev–Trinajstić information content (AvgIpc) is 2.99. The lowest BCUT2D eigenvalue weighted by Crippen LogP contribution is -2.41. The van der Waals surface area contributed by atoms with Crippen molar-refractivity contribution in [3.05, 3.63) is 42.0 Å². The fourth-order valence-electron chi connectivity index (χ4n) is 2.43. The number of carbonyl (C=O) groups excluding carboxylic acids is 1. The topological polar surface area (TPSA) is 85.8 Å². The Morgan fingerprint density at radius 2 is 2.13 bits per heavy atom. The highest BCUT2D eigenvalue weighted by molar-refractivity contribution is 5.96. The first-order valence-corrected chi connectivity index (χ1v) is 7.47. The second-order valence-corrected chi connectivity index (χ2v) is 5.87. The van der Waals surface area contributed by atoms with Crippen LogP contribution in [0.1, 0.15) is 36.2 Å². The summed E-state index contributed by atoms with van der Waals surface area (Å²) in [5.74, 6) is 0.406. The van der Waals surface area contributed by atoms with Crippen LogP contribution in [0.15, 0.2) is 30.9 Å². The number of amides is 1. The van der Waals surface area contributed by atoms with Gasteiger partial charge in [0.25, 0.3) is 5.91 Å². The molecule has 0 radical (unpaired) electrons. The number of hydrogen-bond acceptors (Lipinski definition) is 4. The summed E-state index contributed by atoms with van der Waals surface area (Å²) in [5.41, 5.74) is 8.17. The van der Waals surface area contributed by atoms with Gasteiger partial charge in [-0.1, -0.05) is 13.8 Å². The van der Waals surface area contributed by atoms with E-state index in [9.17, 15) is 4.79 Å². The van der Waals surface area contributed by atoms with Crippen molar-refractivity contribution >= 4 is 18.3 Å². The fourth-order valence-corrected chi connectivity index (χ4v) is 2.43. The predicted octanol–water partition coefficient (Wildman–Crippen LogP) is 2.10. The van der Waals surface area contributed by atoms with E-state index in [4.69, 9.17) is 5.73 Å². The van der Waals surface area contributed by atoms with Gasteiger partial charge in [-0.25, -0.2) is 9.67 Å². The normalized spacial score (nSPS) is 11.9. The Labute approximate surface area is 142 Å². The van der Waals surface area contributed by atoms with Crippen LogP contribution in [0.25, 0.3) is 5.69 Å². The zero-order valence-electron chi connectivity index (χ0n) is 13.7. The maximum Gasteiger partial charge on any atom is 0.251 e. The monoisotopic (exact) mass is 337 g/mol. The summed E-state index contributed by atoms with van der Waals surface area (Å²) in [6.45, 7) is 6.59. The Bertz CT molecular complexity index is 627. The van der Waals surface area contributed by atoms with Gasteiger partial charge in [-0.2, -0.15) is 5.10 Å². The molecule has 0 fully saturated rings. The standard InChI is InChI=1S/C16H23N5O.ClH/c1-11(2)6-13(8-17)20-16(22)15-5-4-14(7-12(15)3)21-10-18-9-19-21;/h4-5,7,9-11,13H,6,8,17H2,1-3H3,(H,20,22);1H. The quantitative estimate of drug-likeness (QED) is 0.845. The van der Waals surface area contributed by atoms with Crippen molar-refractivity contribution in [2.45, 2.75) is 33.2 Å². The van der Waals surface area contributed by atoms with E-state index in [1.165, 1.54) is 6.33 Å². The molecule has 7 heteroatoms. The Kier molecular flexibility index (Phi) is 7.19. The minimum absolute atomic E-state index is 0. The Balaban J connectivity index is 0.00000264. The molecule has 1 aromatic heterocycles. The van der Waals surface area contributed by atoms with Crippen LogP contribution in [0.3, 0.4) is 0 Å². The number of nitrogens with zero attached hydrogens (tertiary/aromatic N) is 3. The summed E-state index contributed by atoms with van der Waals surface area (Å²) in [7, 11) is 0. The molecule has 0 aliphatic heterocycles. The molecular weight excluding hydrogens is 314 g/mol. The number of nitrogens with two attached hydrogens (primary N) is 1. The van der Waals surface area contributed by atoms with Crippen molar-refractivity contribution < 1.29 is 4.79 Å². The molecule has 1 aromatic carbocycles. The minimum atomic E-state index is -0.0845. The van der Waals surface area contributed by atoms with Crippen LogP contribution >= 0.6 is 12.4 Å². The molecule has 1 unspecified atom stereocenters. The van der Waals surface area contributed by atoms with Gasteiger partial charge < -0.3 is 11.1 Å². The molecule has 126 valence electrons. The molecule has 2 rings (SSSR count). The molecule has 0 aliphatic carbocycles. The highest BCUT2D eigenvalue weighted by atomic mass is 35.5. The van der Waals surface area contributed by atoms with Crippen LogP contribution in [0.5, 0.6) is 0 Å². The minimum Gasteiger partial charge on any atom is -0.348 e. The Hall–Kier alpha value is -1.92. The van der Waals surface area contributed by atoms with E-state index < -0.39 is 0 Å². The zero-order chi connectivity index (χ0) is 16.1. The largest absolute Gasteiger partial charge is 0.348 e. The van der Waals surface area contributed by atoms with Gasteiger partial charge >= 0.3 is 0 Å². The number of nitrogens with one attached hydrogen (secondary N) is 1. The number of carbonyl (C=O) groups is 1. The van der Waals surface area contributed by atoms with E-state index in [2.05, 4.69) is 29.2 Å². The summed E-state index contributed by atoms with van der Waals surface area (Å²) < 4.78 is 1.66. The first-order chi connectivity index (χ1) is 10.5. The van der Waals surface area contributed by atoms with Gasteiger partial charge in [0, 0.05) is 18.2 Å². The number of rotatable bonds is 6. The second-order valence-electron chi connectivity index (χ2n) is 5.87. The van der Waals surface area contributed by atoms with Gasteiger partial charge in [0.15, 0.2) is 0 Å². The summed E-state index contributed by atoms with van der Waals surface area (Å²) in [5, 5.41) is 7.10. The van der Waals surface area contributed by atoms with Crippen LogP contribution in [0.4, 0.5) is 0 Å². The molecule has 6 nitrogen and oxygen atoms in total. The predicted molar refractivity (Wildman–Crippen MR) is 93.1 cm³/mol. The number of halogens is 1. The van der Waals surface area contributed by atoms with Crippen LogP contribution < -0.4 is 11.1 Å². The Morgan fingerprint density at radius 1 is 1.39 bits per heavy atom. The highest BCUT2D eigenvalue weighted by Gasteiger charge is 2.15. The first-order valence-electron chi connectivity index (χ1n) is 7.47. The zero-order valence-corrected chi connectivity index (χ0v) is 14.5. The average molecular weight is 338 g/mol. The van der Waals surface area contributed by atoms with Crippen LogP contribution in [0, 0.1) is 12.8 Å². The van der Waals surface area contributed by atoms with Crippen molar-refractivity contribution in [2.24, 2.45) is 11.7 Å². The summed E-state index contributed by atoms with van der Waals surface area (Å²) in [6, 6.07) is 5.59. The van der Waals surface area contributed by atoms with E-state index in [0.29, 0.717) is 18.0 Å². The molecule has 23 heavy (non-hydrogen) atoms. The maximum absolute atomic E-state index is 12.4. The van der Waals surface area contributed by atoms with Gasteiger partial charge in [-0.05, 0) is 43.0 Å². The van der Waals surface area contributed by atoms with Crippen molar-refractivity contribution in [1.82, 2.24) is 20.1 Å². The molecule has 0 bridgehead atoms. The summed E-state index contributed by atoms with van der Waals surface area (Å²) in [4.78, 5) is 16.3. The highest BCUT2D eigenvalue weighted by Crippen LogP contribution is 2.14. The maximum atomic E-state index is 12.4. The van der Waals surface area contributed by atoms with Crippen molar-refractivity contribution in [1.29, 1.82) is 0 Å². The van der Waals surface area contributed by atoms with Crippen molar-refractivity contribution in [3.63, 3.8) is 0 Å². The van der Waals surface area contributed by atoms with E-state index in [1.807, 2.05) is 25.1 Å². The van der Waals surface area contributed by atoms with E-state index >= 15 is 0 Å². The van der Waals surface area contributed by atoms with Gasteiger partial charge in [0.05, 0.1) is 5.69 Å². The van der Waals surface area contributed by atoms with E-state index in [-0.39, 0.29) is 24.4 Å². The molecule has 1 heterocycles. The smallest absolute Gasteiger partial charge is 0.251 e. The summed E-state index contributed by atoms with van der Waals surface area (Å²) in [6.07, 6.45) is 3.98. The molecule has 2 aromatic rings. The van der Waals surface area contributed by atoms with Gasteiger partial charge in [0.2, 0.25) is 0 Å². The lowest BCUT2D eigenvalue weighted by atomic mass is 10.0. The second kappa shape index (κ2) is 8.64. The number of hydrogen-bond donors (Lipinski definition) is 2. The number of aromatic nitrogens is 3. The summed E-state index contributed by atoms with van der Waals surface area (Å²) >= 11 is 0. The lowest BCUT2D eigenvalue weighted by molar-refractivity contribution is 0.0933. The molecular formula is C16H24ClN5O. The third kappa shape index (κ3) is 5.04. The van der Waals surface area contributed by atoms with Crippen LogP contribution in [0.2, 0.25) is 0 Å². The van der Waals surface area contributed by atoms with Gasteiger partial charge in [0.1, 0.15) is 12.7 Å². The van der Waals surface area contributed by atoms with Crippen LogP contribution in [-0.2, 0) is 0 Å². The Morgan fingerprint density at radius 3 is 2.65 bits per heavy atom. The molecule has 1 amide bonds. The third-order valence-electron chi connectivity index (χ3n) is 3.51. The molecule has 0 saturated carbocycles. The fraction of sp³-hybridized carbons (Fsp3) is 0.438. The molecule has 1 atom stereocenters. The van der Waals surface area contributed by atoms with Crippen LogP contribution in [-0.4, -0.2) is 33.3 Å². The lowest BCUT2D eigenvalue weighted by Gasteiger charge is -2.19. The molecule has 3 N–H and O–H groups in total. The van der Waals surface area contributed by atoms with Gasteiger partial charge in [-0.3, -0.25) is 4.79 Å². The number of aryl methyl sites for hydroxylation is 1.